The number of allylic oxidation sites excluding steroid dienone is 1. The smallest absolute Gasteiger partial charge is 0.165 e. The summed E-state index contributed by atoms with van der Waals surface area (Å²) in [5, 5.41) is 14.3. The molecule has 122 valence electrons. The summed E-state index contributed by atoms with van der Waals surface area (Å²) in [4.78, 5) is 11.7. The first kappa shape index (κ1) is 14.7. The van der Waals surface area contributed by atoms with Crippen molar-refractivity contribution in [2.24, 2.45) is 0 Å². The number of ether oxygens (including phenoxy) is 2. The van der Waals surface area contributed by atoms with Crippen LogP contribution in [0.1, 0.15) is 35.6 Å². The number of carbonyl (C=O) groups is 1. The summed E-state index contributed by atoms with van der Waals surface area (Å²) in [7, 11) is 3.26. The molecule has 0 bridgehead atoms. The number of rotatable bonds is 2. The average Bonchev–Trinajstić information content (AvgIpc) is 2.89. The quantitative estimate of drug-likeness (QED) is 0.864. The first-order valence-corrected chi connectivity index (χ1v) is 8.02. The first-order valence-electron chi connectivity index (χ1n) is 8.02. The van der Waals surface area contributed by atoms with Gasteiger partial charge in [-0.25, -0.2) is 0 Å². The number of ketones is 1. The van der Waals surface area contributed by atoms with E-state index in [0.717, 1.165) is 24.9 Å². The number of carbonyl (C=O) groups excluding carboxylic acids is 1. The summed E-state index contributed by atoms with van der Waals surface area (Å²) in [6, 6.07) is 2.23. The van der Waals surface area contributed by atoms with Crippen molar-refractivity contribution in [2.75, 3.05) is 20.8 Å². The summed E-state index contributed by atoms with van der Waals surface area (Å²) in [5.74, 6) is 1.34. The number of hydrogen-bond acceptors (Lipinski definition) is 5. The van der Waals surface area contributed by atoms with Crippen molar-refractivity contribution in [1.29, 1.82) is 0 Å². The predicted molar refractivity (Wildman–Crippen MR) is 85.1 cm³/mol. The largest absolute Gasteiger partial charge is 0.493 e. The van der Waals surface area contributed by atoms with Crippen LogP contribution in [-0.2, 0) is 16.6 Å². The number of fused-ring (bicyclic) bond motifs is 1. The molecular formula is C18H21NO4. The molecule has 0 saturated heterocycles. The van der Waals surface area contributed by atoms with Crippen LogP contribution in [0, 0.1) is 0 Å². The third-order valence-electron chi connectivity index (χ3n) is 5.49. The molecule has 0 unspecified atom stereocenters. The maximum absolute atomic E-state index is 11.7. The molecule has 0 amide bonds. The van der Waals surface area contributed by atoms with Crippen molar-refractivity contribution in [2.45, 2.75) is 36.8 Å². The Morgan fingerprint density at radius 1 is 1.35 bits per heavy atom. The number of benzene rings is 1. The van der Waals surface area contributed by atoms with Gasteiger partial charge >= 0.3 is 0 Å². The molecule has 0 saturated carbocycles. The van der Waals surface area contributed by atoms with E-state index in [4.69, 9.17) is 9.47 Å². The Labute approximate surface area is 135 Å². The second kappa shape index (κ2) is 5.08. The highest BCUT2D eigenvalue weighted by Crippen LogP contribution is 2.57. The fraction of sp³-hybridized carbons (Fsp3) is 0.500. The molecule has 3 atom stereocenters. The second-order valence-corrected chi connectivity index (χ2v) is 6.58. The van der Waals surface area contributed by atoms with E-state index in [2.05, 4.69) is 11.4 Å². The summed E-state index contributed by atoms with van der Waals surface area (Å²) >= 11 is 0. The maximum Gasteiger partial charge on any atom is 0.165 e. The van der Waals surface area contributed by atoms with E-state index in [1.54, 1.807) is 20.3 Å². The first-order chi connectivity index (χ1) is 11.1. The standard InChI is InChI=1S/C18H21NO4/c1-22-13-7-10-4-6-19-12-9-18(5-3-11(20)8-14(18)21)16(15(10)12)17(13)23-2/h3,5,7,12,14,19,21H,4,6,8-9H2,1-2H3/t12-,14+,18-/m0/s1. The minimum atomic E-state index is -0.738. The van der Waals surface area contributed by atoms with Crippen molar-refractivity contribution in [3.05, 3.63) is 34.9 Å². The highest BCUT2D eigenvalue weighted by Gasteiger charge is 2.52. The van der Waals surface area contributed by atoms with Crippen LogP contribution in [0.5, 0.6) is 11.5 Å². The molecule has 1 spiro atoms. The molecule has 1 heterocycles. The van der Waals surface area contributed by atoms with Crippen molar-refractivity contribution >= 4 is 5.78 Å². The van der Waals surface area contributed by atoms with Crippen LogP contribution in [0.15, 0.2) is 18.2 Å². The van der Waals surface area contributed by atoms with E-state index in [9.17, 15) is 9.90 Å². The third kappa shape index (κ3) is 1.90. The van der Waals surface area contributed by atoms with Gasteiger partial charge in [0.05, 0.1) is 20.3 Å². The zero-order valence-corrected chi connectivity index (χ0v) is 13.4. The van der Waals surface area contributed by atoms with Gasteiger partial charge < -0.3 is 19.9 Å². The Kier molecular flexibility index (Phi) is 3.25. The van der Waals surface area contributed by atoms with Crippen LogP contribution in [-0.4, -0.2) is 37.8 Å². The van der Waals surface area contributed by atoms with Gasteiger partial charge in [-0.05, 0) is 42.7 Å². The Hall–Kier alpha value is -1.85. The number of hydrogen-bond donors (Lipinski definition) is 2. The fourth-order valence-corrected chi connectivity index (χ4v) is 4.47. The van der Waals surface area contributed by atoms with Gasteiger partial charge in [0.15, 0.2) is 17.3 Å². The van der Waals surface area contributed by atoms with Gasteiger partial charge in [-0.3, -0.25) is 4.79 Å². The fourth-order valence-electron chi connectivity index (χ4n) is 4.47. The van der Waals surface area contributed by atoms with Crippen LogP contribution < -0.4 is 14.8 Å². The molecule has 4 rings (SSSR count). The van der Waals surface area contributed by atoms with E-state index in [0.29, 0.717) is 11.5 Å². The van der Waals surface area contributed by atoms with Crippen molar-refractivity contribution < 1.29 is 19.4 Å². The molecule has 1 aromatic carbocycles. The molecular weight excluding hydrogens is 294 g/mol. The number of aliphatic hydroxyl groups is 1. The topological polar surface area (TPSA) is 67.8 Å². The van der Waals surface area contributed by atoms with Gasteiger partial charge in [-0.15, -0.1) is 0 Å². The molecule has 0 fully saturated rings. The Morgan fingerprint density at radius 2 is 2.17 bits per heavy atom. The van der Waals surface area contributed by atoms with E-state index < -0.39 is 11.5 Å². The van der Waals surface area contributed by atoms with Crippen molar-refractivity contribution in [1.82, 2.24) is 5.32 Å². The molecule has 5 heteroatoms. The molecule has 2 N–H and O–H groups in total. The molecule has 5 nitrogen and oxygen atoms in total. The number of methoxy groups -OCH3 is 2. The summed E-state index contributed by atoms with van der Waals surface area (Å²) in [6.45, 7) is 0.904. The highest BCUT2D eigenvalue weighted by molar-refractivity contribution is 5.92. The minimum Gasteiger partial charge on any atom is -0.493 e. The van der Waals surface area contributed by atoms with Crippen LogP contribution in [0.3, 0.4) is 0 Å². The molecule has 0 aromatic heterocycles. The molecule has 23 heavy (non-hydrogen) atoms. The Balaban J connectivity index is 2.02. The monoisotopic (exact) mass is 315 g/mol. The van der Waals surface area contributed by atoms with Gasteiger partial charge in [0, 0.05) is 23.4 Å². The molecule has 1 aliphatic heterocycles. The van der Waals surface area contributed by atoms with E-state index in [1.165, 1.54) is 11.1 Å². The minimum absolute atomic E-state index is 0.0296. The molecule has 2 aliphatic carbocycles. The van der Waals surface area contributed by atoms with Gasteiger partial charge in [-0.2, -0.15) is 0 Å². The average molecular weight is 315 g/mol. The van der Waals surface area contributed by atoms with Crippen molar-refractivity contribution in [3.63, 3.8) is 0 Å². The van der Waals surface area contributed by atoms with Gasteiger partial charge in [0.2, 0.25) is 0 Å². The zero-order valence-electron chi connectivity index (χ0n) is 13.4. The van der Waals surface area contributed by atoms with E-state index in [-0.39, 0.29) is 18.2 Å². The summed E-state index contributed by atoms with van der Waals surface area (Å²) in [6.07, 6.45) is 4.56. The van der Waals surface area contributed by atoms with E-state index >= 15 is 0 Å². The SMILES string of the molecule is COc1cc2c3c(c1OC)[C@@]1(C=CC(=O)C[C@H]1O)C[C@@H]3NCC2. The van der Waals surface area contributed by atoms with Crippen LogP contribution in [0.25, 0.3) is 0 Å². The Morgan fingerprint density at radius 3 is 2.87 bits per heavy atom. The lowest BCUT2D eigenvalue weighted by Crippen LogP contribution is -2.41. The number of nitrogens with one attached hydrogen (secondary N) is 1. The van der Waals surface area contributed by atoms with E-state index in [1.807, 2.05) is 6.08 Å². The van der Waals surface area contributed by atoms with Crippen molar-refractivity contribution in [3.8, 4) is 11.5 Å². The van der Waals surface area contributed by atoms with Gasteiger partial charge in [-0.1, -0.05) is 6.08 Å². The number of aliphatic hydroxyl groups excluding tert-OH is 1. The third-order valence-corrected chi connectivity index (χ3v) is 5.49. The molecule has 0 radical (unpaired) electrons. The Bertz CT molecular complexity index is 711. The summed E-state index contributed by atoms with van der Waals surface area (Å²) < 4.78 is 11.2. The van der Waals surface area contributed by atoms with Crippen LogP contribution in [0.2, 0.25) is 0 Å². The van der Waals surface area contributed by atoms with Crippen LogP contribution in [0.4, 0.5) is 0 Å². The summed E-state index contributed by atoms with van der Waals surface area (Å²) in [5.41, 5.74) is 2.87. The normalized spacial score (nSPS) is 31.3. The van der Waals surface area contributed by atoms with Gasteiger partial charge in [0.25, 0.3) is 0 Å². The molecule has 3 aliphatic rings. The predicted octanol–water partition coefficient (Wildman–Crippen LogP) is 1.42. The lowest BCUT2D eigenvalue weighted by atomic mass is 9.71. The van der Waals surface area contributed by atoms with Crippen LogP contribution >= 0.6 is 0 Å². The maximum atomic E-state index is 11.7. The second-order valence-electron chi connectivity index (χ2n) is 6.58. The van der Waals surface area contributed by atoms with Gasteiger partial charge in [0.1, 0.15) is 0 Å². The zero-order chi connectivity index (χ0) is 16.2. The highest BCUT2D eigenvalue weighted by atomic mass is 16.5. The lowest BCUT2D eigenvalue weighted by molar-refractivity contribution is -0.118. The lowest BCUT2D eigenvalue weighted by Gasteiger charge is -2.35. The molecule has 1 aromatic rings.